The van der Waals surface area contributed by atoms with E-state index in [-0.39, 0.29) is 34.7 Å². The Bertz CT molecular complexity index is 1950. The summed E-state index contributed by atoms with van der Waals surface area (Å²) in [5.41, 5.74) is 2.59. The fraction of sp³-hybridized carbons (Fsp3) is 0.553. The number of rotatable bonds is 9. The molecule has 3 heterocycles. The number of methoxy groups -OCH3 is 1. The van der Waals surface area contributed by atoms with E-state index in [4.69, 9.17) is 14.3 Å². The minimum atomic E-state index is -3.63. The topological polar surface area (TPSA) is 163 Å². The van der Waals surface area contributed by atoms with Crippen LogP contribution in [0.15, 0.2) is 36.4 Å². The molecule has 2 aliphatic rings. The third-order valence-corrected chi connectivity index (χ3v) is 10.2. The molecule has 290 valence electrons. The van der Waals surface area contributed by atoms with Gasteiger partial charge < -0.3 is 29.5 Å². The number of H-pyrrole nitrogens is 1. The standard InChI is InChI=1S/C38H54N6O8S/c1-24(42-15-11-16-43(19-18-42)35(46)26-14-17-44(23-26)52-36(47)51-38(5,6)7)28-13-10-12-25-20-31(39-32(25)28)34(45)40-29-21-27(37(2,3)4)22-30(33(29)50-8)41-53(9,48)49/h10,12-13,20-22,24,26,39,41H,11,14-19,23H2,1-9H3,(H,40,45)/t24-,26?/m1/s1. The number of benzene rings is 2. The average Bonchev–Trinajstić information content (AvgIpc) is 3.62. The van der Waals surface area contributed by atoms with Crippen LogP contribution in [0.25, 0.3) is 10.9 Å². The number of hydrogen-bond donors (Lipinski definition) is 3. The Morgan fingerprint density at radius 2 is 1.68 bits per heavy atom. The molecule has 0 radical (unpaired) electrons. The molecule has 2 atom stereocenters. The number of carbonyl (C=O) groups excluding carboxylic acids is 3. The summed E-state index contributed by atoms with van der Waals surface area (Å²) in [7, 11) is -2.20. The normalized spacial score (nSPS) is 18.4. The summed E-state index contributed by atoms with van der Waals surface area (Å²) in [5.74, 6) is -0.381. The maximum atomic E-state index is 13.8. The second kappa shape index (κ2) is 15.6. The second-order valence-electron chi connectivity index (χ2n) is 16.0. The number of hydroxylamine groups is 2. The number of ether oxygens (including phenoxy) is 2. The maximum Gasteiger partial charge on any atom is 0.528 e. The van der Waals surface area contributed by atoms with Crippen molar-refractivity contribution >= 4 is 50.3 Å². The quantitative estimate of drug-likeness (QED) is 0.225. The van der Waals surface area contributed by atoms with Crippen LogP contribution in [0.4, 0.5) is 16.2 Å². The number of aromatic nitrogens is 1. The van der Waals surface area contributed by atoms with Crippen molar-refractivity contribution < 1.29 is 37.1 Å². The molecule has 2 saturated heterocycles. The van der Waals surface area contributed by atoms with E-state index in [0.29, 0.717) is 50.5 Å². The highest BCUT2D eigenvalue weighted by molar-refractivity contribution is 7.92. The van der Waals surface area contributed by atoms with Crippen molar-refractivity contribution in [2.75, 3.05) is 62.7 Å². The lowest BCUT2D eigenvalue weighted by atomic mass is 9.86. The smallest absolute Gasteiger partial charge is 0.492 e. The van der Waals surface area contributed by atoms with Crippen molar-refractivity contribution in [3.63, 3.8) is 0 Å². The molecular formula is C38H54N6O8S. The maximum absolute atomic E-state index is 13.8. The van der Waals surface area contributed by atoms with Crippen LogP contribution in [0.1, 0.15) is 89.0 Å². The Hall–Kier alpha value is -4.34. The van der Waals surface area contributed by atoms with E-state index in [1.807, 2.05) is 37.8 Å². The number of hydrogen-bond acceptors (Lipinski definition) is 10. The first-order valence-corrected chi connectivity index (χ1v) is 19.9. The number of aromatic amines is 1. The van der Waals surface area contributed by atoms with E-state index in [2.05, 4.69) is 32.9 Å². The zero-order chi connectivity index (χ0) is 38.9. The summed E-state index contributed by atoms with van der Waals surface area (Å²) < 4.78 is 37.7. The van der Waals surface area contributed by atoms with Crippen LogP contribution in [0.2, 0.25) is 0 Å². The van der Waals surface area contributed by atoms with Gasteiger partial charge in [-0.3, -0.25) is 19.2 Å². The summed E-state index contributed by atoms with van der Waals surface area (Å²) in [6.07, 6.45) is 1.71. The zero-order valence-corrected chi connectivity index (χ0v) is 33.1. The SMILES string of the molecule is COc1c(NC(=O)c2cc3cccc([C@@H](C)N4CCCN(C(=O)C5CCN(OC(=O)OC(C)(C)C)C5)CC4)c3[nH]2)cc(C(C)(C)C)cc1NS(C)(=O)=O. The molecule has 14 nitrogen and oxygen atoms in total. The predicted molar refractivity (Wildman–Crippen MR) is 205 cm³/mol. The molecular weight excluding hydrogens is 701 g/mol. The van der Waals surface area contributed by atoms with Crippen molar-refractivity contribution in [2.45, 2.75) is 78.4 Å². The van der Waals surface area contributed by atoms with Crippen LogP contribution in [0.3, 0.4) is 0 Å². The number of carbonyl (C=O) groups is 3. The van der Waals surface area contributed by atoms with Crippen molar-refractivity contribution in [2.24, 2.45) is 5.92 Å². The fourth-order valence-electron chi connectivity index (χ4n) is 6.88. The van der Waals surface area contributed by atoms with Gasteiger partial charge in [0.2, 0.25) is 15.9 Å². The third-order valence-electron chi connectivity index (χ3n) is 9.57. The number of fused-ring (bicyclic) bond motifs is 1. The molecule has 53 heavy (non-hydrogen) atoms. The van der Waals surface area contributed by atoms with Crippen molar-refractivity contribution in [3.05, 3.63) is 53.2 Å². The van der Waals surface area contributed by atoms with E-state index in [9.17, 15) is 22.8 Å². The van der Waals surface area contributed by atoms with Gasteiger partial charge in [0.1, 0.15) is 11.3 Å². The van der Waals surface area contributed by atoms with Crippen LogP contribution in [-0.2, 0) is 29.8 Å². The molecule has 2 aromatic carbocycles. The molecule has 2 fully saturated rings. The molecule has 2 aliphatic heterocycles. The van der Waals surface area contributed by atoms with Gasteiger partial charge in [0, 0.05) is 50.7 Å². The van der Waals surface area contributed by atoms with E-state index < -0.39 is 27.7 Å². The number of sulfonamides is 1. The first-order chi connectivity index (χ1) is 24.7. The molecule has 0 bridgehead atoms. The monoisotopic (exact) mass is 754 g/mol. The van der Waals surface area contributed by atoms with Crippen molar-refractivity contribution in [3.8, 4) is 5.75 Å². The lowest BCUT2D eigenvalue weighted by Crippen LogP contribution is -2.40. The predicted octanol–water partition coefficient (Wildman–Crippen LogP) is 5.88. The number of nitrogens with zero attached hydrogens (tertiary/aromatic N) is 3. The Balaban J connectivity index is 1.28. The lowest BCUT2D eigenvalue weighted by molar-refractivity contribution is -0.143. The summed E-state index contributed by atoms with van der Waals surface area (Å²) >= 11 is 0. The molecule has 0 aliphatic carbocycles. The van der Waals surface area contributed by atoms with Crippen LogP contribution in [0, 0.1) is 5.92 Å². The molecule has 5 rings (SSSR count). The molecule has 3 N–H and O–H groups in total. The van der Waals surface area contributed by atoms with Gasteiger partial charge in [0.05, 0.1) is 36.2 Å². The largest absolute Gasteiger partial charge is 0.528 e. The minimum Gasteiger partial charge on any atom is -0.492 e. The molecule has 0 spiro atoms. The number of anilines is 2. The second-order valence-corrected chi connectivity index (χ2v) is 17.7. The highest BCUT2D eigenvalue weighted by Crippen LogP contribution is 2.39. The van der Waals surface area contributed by atoms with Crippen LogP contribution in [-0.4, -0.2) is 104 Å². The Morgan fingerprint density at radius 1 is 0.962 bits per heavy atom. The molecule has 15 heteroatoms. The van der Waals surface area contributed by atoms with Crippen molar-refractivity contribution in [1.29, 1.82) is 0 Å². The molecule has 3 aromatic rings. The van der Waals surface area contributed by atoms with Gasteiger partial charge in [-0.2, -0.15) is 0 Å². The zero-order valence-electron chi connectivity index (χ0n) is 32.3. The summed E-state index contributed by atoms with van der Waals surface area (Å²) in [6, 6.07) is 11.3. The Morgan fingerprint density at radius 3 is 2.34 bits per heavy atom. The first-order valence-electron chi connectivity index (χ1n) is 18.0. The molecule has 1 aromatic heterocycles. The lowest BCUT2D eigenvalue weighted by Gasteiger charge is -2.29. The fourth-order valence-corrected chi connectivity index (χ4v) is 7.43. The van der Waals surface area contributed by atoms with Gasteiger partial charge >= 0.3 is 6.16 Å². The number of amides is 2. The number of para-hydroxylation sites is 1. The Labute approximate surface area is 312 Å². The minimum absolute atomic E-state index is 0.0132. The van der Waals surface area contributed by atoms with Crippen LogP contribution >= 0.6 is 0 Å². The first kappa shape index (κ1) is 39.9. The molecule has 0 saturated carbocycles. The highest BCUT2D eigenvalue weighted by atomic mass is 32.2. The summed E-state index contributed by atoms with van der Waals surface area (Å²) in [5, 5.41) is 5.34. The average molecular weight is 755 g/mol. The van der Waals surface area contributed by atoms with Crippen LogP contribution < -0.4 is 14.8 Å². The van der Waals surface area contributed by atoms with E-state index in [1.54, 1.807) is 39.0 Å². The van der Waals surface area contributed by atoms with E-state index in [1.165, 1.54) is 12.2 Å². The van der Waals surface area contributed by atoms with Gasteiger partial charge in [-0.25, -0.2) is 13.2 Å². The van der Waals surface area contributed by atoms with Gasteiger partial charge in [-0.1, -0.05) is 39.0 Å². The highest BCUT2D eigenvalue weighted by Gasteiger charge is 2.35. The Kier molecular flexibility index (Phi) is 11.7. The van der Waals surface area contributed by atoms with Gasteiger partial charge in [0.15, 0.2) is 5.75 Å². The van der Waals surface area contributed by atoms with Crippen LogP contribution in [0.5, 0.6) is 5.75 Å². The molecule has 1 unspecified atom stereocenters. The molecule has 2 amide bonds. The van der Waals surface area contributed by atoms with Gasteiger partial charge in [-0.05, 0) is 75.3 Å². The van der Waals surface area contributed by atoms with E-state index in [0.717, 1.165) is 41.3 Å². The number of nitrogens with one attached hydrogen (secondary N) is 3. The van der Waals surface area contributed by atoms with Gasteiger partial charge in [0.25, 0.3) is 5.91 Å². The third kappa shape index (κ3) is 10.0. The summed E-state index contributed by atoms with van der Waals surface area (Å²) in [4.78, 5) is 52.4. The van der Waals surface area contributed by atoms with Gasteiger partial charge in [-0.15, -0.1) is 5.06 Å². The van der Waals surface area contributed by atoms with E-state index >= 15 is 0 Å². The summed E-state index contributed by atoms with van der Waals surface area (Å²) in [6.45, 7) is 17.0. The van der Waals surface area contributed by atoms with Crippen molar-refractivity contribution in [1.82, 2.24) is 19.8 Å².